The predicted octanol–water partition coefficient (Wildman–Crippen LogP) is 8.61. The zero-order valence-corrected chi connectivity index (χ0v) is 34.4. The summed E-state index contributed by atoms with van der Waals surface area (Å²) >= 11 is 0. The maximum atomic E-state index is 13.8. The molecule has 3 N–H and O–H groups in total. The number of H-pyrrole nitrogens is 2. The molecule has 4 aliphatic heterocycles. The average Bonchev–Trinajstić information content (AvgIpc) is 3.99. The number of rotatable bonds is 8. The molecule has 6 heterocycles. The van der Waals surface area contributed by atoms with E-state index in [4.69, 9.17) is 19.4 Å². The number of hydrogen-bond acceptors (Lipinski definition) is 7. The molecule has 9 rings (SSSR count). The van der Waals surface area contributed by atoms with Gasteiger partial charge in [-0.3, -0.25) is 9.59 Å². The molecule has 3 saturated heterocycles. The summed E-state index contributed by atoms with van der Waals surface area (Å²) in [6.07, 6.45) is 8.44. The lowest BCUT2D eigenvalue weighted by molar-refractivity contribution is -0.138. The Morgan fingerprint density at radius 3 is 2.35 bits per heavy atom. The molecule has 5 aromatic rings. The fourth-order valence-electron chi connectivity index (χ4n) is 10.6. The van der Waals surface area contributed by atoms with Crippen LogP contribution in [0.4, 0.5) is 0 Å². The number of aromatic nitrogens is 4. The number of benzene rings is 3. The van der Waals surface area contributed by atoms with Crippen LogP contribution >= 0.6 is 0 Å². The zero-order valence-electron chi connectivity index (χ0n) is 34.4. The van der Waals surface area contributed by atoms with Crippen molar-refractivity contribution in [3.8, 4) is 28.1 Å². The fourth-order valence-corrected chi connectivity index (χ4v) is 10.6. The first-order valence-corrected chi connectivity index (χ1v) is 21.2. The molecule has 300 valence electrons. The maximum Gasteiger partial charge on any atom is 0.240 e. The van der Waals surface area contributed by atoms with Crippen LogP contribution in [0.1, 0.15) is 116 Å². The minimum Gasteiger partial charge on any atom is -0.488 e. The second-order valence-electron chi connectivity index (χ2n) is 17.7. The largest absolute Gasteiger partial charge is 0.488 e. The number of aromatic amines is 2. The Hall–Kier alpha value is -4.74. The molecule has 0 radical (unpaired) electrons. The minimum atomic E-state index is -0.234. The van der Waals surface area contributed by atoms with Crippen molar-refractivity contribution in [1.82, 2.24) is 35.1 Å². The highest BCUT2D eigenvalue weighted by Crippen LogP contribution is 2.44. The summed E-state index contributed by atoms with van der Waals surface area (Å²) in [4.78, 5) is 48.8. The molecule has 0 spiro atoms. The second kappa shape index (κ2) is 14.9. The lowest BCUT2D eigenvalue weighted by Crippen LogP contribution is -2.50. The summed E-state index contributed by atoms with van der Waals surface area (Å²) in [6.45, 7) is 13.2. The van der Waals surface area contributed by atoms with Gasteiger partial charge in [0, 0.05) is 29.5 Å². The number of carbonyl (C=O) groups excluding carboxylic acids is 2. The number of likely N-dealkylation sites (N-methyl/N-ethyl adjacent to an activating group) is 1. The van der Waals surface area contributed by atoms with E-state index in [0.717, 1.165) is 106 Å². The van der Waals surface area contributed by atoms with E-state index in [9.17, 15) is 9.59 Å². The van der Waals surface area contributed by atoms with Gasteiger partial charge in [0.1, 0.15) is 24.0 Å². The first-order chi connectivity index (χ1) is 27.5. The van der Waals surface area contributed by atoms with E-state index in [-0.39, 0.29) is 60.1 Å². The Kier molecular flexibility index (Phi) is 9.88. The van der Waals surface area contributed by atoms with Crippen LogP contribution in [0.2, 0.25) is 0 Å². The second-order valence-corrected chi connectivity index (χ2v) is 17.7. The van der Waals surface area contributed by atoms with Gasteiger partial charge in [0.2, 0.25) is 11.8 Å². The van der Waals surface area contributed by atoms with Crippen molar-refractivity contribution in [2.75, 3.05) is 7.05 Å². The van der Waals surface area contributed by atoms with E-state index < -0.39 is 0 Å². The van der Waals surface area contributed by atoms with Crippen molar-refractivity contribution in [3.63, 3.8) is 0 Å². The molecule has 0 aliphatic carbocycles. The lowest BCUT2D eigenvalue weighted by Gasteiger charge is -2.34. The lowest BCUT2D eigenvalue weighted by atomic mass is 9.89. The minimum absolute atomic E-state index is 0.0479. The molecular weight excluding hydrogens is 715 g/mol. The number of imidazole rings is 2. The van der Waals surface area contributed by atoms with Gasteiger partial charge >= 0.3 is 0 Å². The van der Waals surface area contributed by atoms with Crippen LogP contribution in [0.25, 0.3) is 44.2 Å². The number of nitrogens with zero attached hydrogens (tertiary/aromatic N) is 4. The number of hydrogen-bond donors (Lipinski definition) is 3. The summed E-state index contributed by atoms with van der Waals surface area (Å²) in [5.41, 5.74) is 7.18. The monoisotopic (exact) mass is 771 g/mol. The molecule has 2 aromatic heterocycles. The van der Waals surface area contributed by atoms with Crippen LogP contribution in [0, 0.1) is 11.8 Å². The summed E-state index contributed by atoms with van der Waals surface area (Å²) in [6, 6.07) is 15.1. The number of ether oxygens (including phenoxy) is 2. The molecule has 2 unspecified atom stereocenters. The summed E-state index contributed by atoms with van der Waals surface area (Å²) < 4.78 is 12.4. The van der Waals surface area contributed by atoms with Crippen LogP contribution in [-0.2, 0) is 20.9 Å². The van der Waals surface area contributed by atoms with Crippen LogP contribution < -0.4 is 10.1 Å². The van der Waals surface area contributed by atoms with E-state index in [1.165, 1.54) is 0 Å². The van der Waals surface area contributed by atoms with E-state index in [0.29, 0.717) is 18.9 Å². The van der Waals surface area contributed by atoms with Crippen molar-refractivity contribution in [3.05, 3.63) is 65.9 Å². The highest BCUT2D eigenvalue weighted by atomic mass is 16.5. The zero-order chi connectivity index (χ0) is 39.7. The highest BCUT2D eigenvalue weighted by Gasteiger charge is 2.41. The molecule has 0 saturated carbocycles. The van der Waals surface area contributed by atoms with Gasteiger partial charge in [-0.1, -0.05) is 32.0 Å². The van der Waals surface area contributed by atoms with Gasteiger partial charge in [0.15, 0.2) is 0 Å². The van der Waals surface area contributed by atoms with E-state index in [1.54, 1.807) is 0 Å². The molecule has 11 nitrogen and oxygen atoms in total. The van der Waals surface area contributed by atoms with Gasteiger partial charge in [0.05, 0.1) is 53.3 Å². The standard InChI is InChI=1S/C46H57N7O4/c1-24(2)42(47-7)46(55)53-26(4)9-15-39(53)45-49-36-13-11-30-20-35-33-12-10-31(19-32(33)23-56-40(35)21-34(30)43(36)51-45)37-22-48-44(50-37)38-14-8-25(3)52(38)41(54)18-29-16-27(5)57-28(6)17-29/h10-13,19-22,24-29,38-39,42,47H,8-9,14-18,23H2,1-7H3,(H,48,50)(H,49,51)/t25-,26-,27?,28?,29?,38-,39-,42-/m0/s1. The Bertz CT molecular complexity index is 2320. The molecule has 3 fully saturated rings. The molecular formula is C46H57N7O4. The first kappa shape index (κ1) is 37.8. The Labute approximate surface area is 335 Å². The molecule has 57 heavy (non-hydrogen) atoms. The molecule has 11 heteroatoms. The first-order valence-electron chi connectivity index (χ1n) is 21.2. The van der Waals surface area contributed by atoms with Crippen molar-refractivity contribution in [2.24, 2.45) is 11.8 Å². The number of fused-ring (bicyclic) bond motifs is 6. The average molecular weight is 772 g/mol. The van der Waals surface area contributed by atoms with Gasteiger partial charge in [-0.05, 0) is 131 Å². The maximum absolute atomic E-state index is 13.8. The van der Waals surface area contributed by atoms with Gasteiger partial charge < -0.3 is 34.6 Å². The SMILES string of the molecule is CN[C@H](C(=O)N1[C@@H](C)CC[C@H]1c1nc2ccc3cc4c(cc3c2[nH]1)OCc1cc(-c2cnc([C@@H]3CC[C@H](C)N3C(=O)CC3CC(C)OC(C)C3)[nH]2)ccc1-4)C(C)C. The number of likely N-dealkylation sites (tertiary alicyclic amines) is 2. The number of amides is 2. The van der Waals surface area contributed by atoms with Crippen molar-refractivity contribution < 1.29 is 19.1 Å². The number of carbonyl (C=O) groups is 2. The quantitative estimate of drug-likeness (QED) is 0.144. The van der Waals surface area contributed by atoms with Gasteiger partial charge in [0.25, 0.3) is 0 Å². The molecule has 0 bridgehead atoms. The molecule has 2 amide bonds. The number of nitrogens with one attached hydrogen (secondary N) is 3. The van der Waals surface area contributed by atoms with E-state index in [2.05, 4.69) is 104 Å². The molecule has 4 aliphatic rings. The third kappa shape index (κ3) is 6.80. The van der Waals surface area contributed by atoms with Gasteiger partial charge in [-0.2, -0.15) is 0 Å². The Morgan fingerprint density at radius 1 is 0.877 bits per heavy atom. The van der Waals surface area contributed by atoms with Crippen LogP contribution in [-0.4, -0.2) is 78.9 Å². The predicted molar refractivity (Wildman–Crippen MR) is 223 cm³/mol. The van der Waals surface area contributed by atoms with Crippen molar-refractivity contribution in [2.45, 2.75) is 136 Å². The topological polar surface area (TPSA) is 128 Å². The molecule has 7 atom stereocenters. The normalized spacial score (nSPS) is 26.6. The third-order valence-electron chi connectivity index (χ3n) is 13.3. The van der Waals surface area contributed by atoms with Crippen molar-refractivity contribution >= 4 is 33.6 Å². The van der Waals surface area contributed by atoms with Crippen LogP contribution in [0.5, 0.6) is 5.75 Å². The third-order valence-corrected chi connectivity index (χ3v) is 13.3. The summed E-state index contributed by atoms with van der Waals surface area (Å²) in [7, 11) is 1.87. The van der Waals surface area contributed by atoms with E-state index >= 15 is 0 Å². The highest BCUT2D eigenvalue weighted by molar-refractivity contribution is 6.07. The van der Waals surface area contributed by atoms with Crippen LogP contribution in [0.3, 0.4) is 0 Å². The fraction of sp³-hybridized carbons (Fsp3) is 0.522. The summed E-state index contributed by atoms with van der Waals surface area (Å²) in [5.74, 6) is 3.45. The van der Waals surface area contributed by atoms with Gasteiger partial charge in [-0.15, -0.1) is 0 Å². The van der Waals surface area contributed by atoms with Crippen LogP contribution in [0.15, 0.2) is 48.7 Å². The Balaban J connectivity index is 0.956. The van der Waals surface area contributed by atoms with Gasteiger partial charge in [-0.25, -0.2) is 9.97 Å². The van der Waals surface area contributed by atoms with E-state index in [1.807, 2.05) is 18.1 Å². The molecule has 3 aromatic carbocycles. The van der Waals surface area contributed by atoms with Crippen molar-refractivity contribution in [1.29, 1.82) is 0 Å². The Morgan fingerprint density at radius 2 is 1.61 bits per heavy atom. The smallest absolute Gasteiger partial charge is 0.240 e. The summed E-state index contributed by atoms with van der Waals surface area (Å²) in [5, 5.41) is 5.40.